The molecule has 2 N–H and O–H groups in total. The van der Waals surface area contributed by atoms with Gasteiger partial charge in [0.25, 0.3) is 0 Å². The number of rotatable bonds is 1. The van der Waals surface area contributed by atoms with E-state index in [-0.39, 0.29) is 6.04 Å². The number of hydrogen-bond donors (Lipinski definition) is 1. The quantitative estimate of drug-likeness (QED) is 0.733. The van der Waals surface area contributed by atoms with Crippen LogP contribution in [0.15, 0.2) is 42.6 Å². The summed E-state index contributed by atoms with van der Waals surface area (Å²) in [6.45, 7) is 0. The fraction of sp³-hybridized carbons (Fsp3) is 0.235. The van der Waals surface area contributed by atoms with Crippen molar-refractivity contribution in [2.24, 2.45) is 12.8 Å². The lowest BCUT2D eigenvalue weighted by Crippen LogP contribution is -2.18. The van der Waals surface area contributed by atoms with Crippen LogP contribution >= 0.6 is 0 Å². The third-order valence-corrected chi connectivity index (χ3v) is 4.15. The Morgan fingerprint density at radius 1 is 1.15 bits per heavy atom. The molecule has 0 saturated carbocycles. The molecule has 3 aromatic rings. The lowest BCUT2D eigenvalue weighted by Gasteiger charge is -2.06. The number of nitrogens with two attached hydrogens (primary N) is 1. The van der Waals surface area contributed by atoms with Gasteiger partial charge in [-0.1, -0.05) is 30.3 Å². The molecule has 2 aromatic carbocycles. The molecule has 3 nitrogen and oxygen atoms in total. The van der Waals surface area contributed by atoms with Gasteiger partial charge in [-0.15, -0.1) is 0 Å². The van der Waals surface area contributed by atoms with E-state index >= 15 is 0 Å². The minimum Gasteiger partial charge on any atom is -0.327 e. The van der Waals surface area contributed by atoms with Crippen molar-refractivity contribution in [3.63, 3.8) is 0 Å². The van der Waals surface area contributed by atoms with Gasteiger partial charge in [-0.05, 0) is 41.2 Å². The highest BCUT2D eigenvalue weighted by molar-refractivity contribution is 5.94. The van der Waals surface area contributed by atoms with Crippen LogP contribution in [-0.2, 0) is 19.9 Å². The second-order valence-electron chi connectivity index (χ2n) is 5.69. The third-order valence-electron chi connectivity index (χ3n) is 4.15. The Balaban J connectivity index is 1.90. The molecule has 0 saturated heterocycles. The van der Waals surface area contributed by atoms with E-state index in [1.807, 2.05) is 11.7 Å². The van der Waals surface area contributed by atoms with E-state index in [9.17, 15) is 0 Å². The Morgan fingerprint density at radius 2 is 2.00 bits per heavy atom. The normalized spacial score (nSPS) is 17.6. The molecule has 20 heavy (non-hydrogen) atoms. The van der Waals surface area contributed by atoms with Crippen molar-refractivity contribution in [3.8, 4) is 11.1 Å². The zero-order valence-corrected chi connectivity index (χ0v) is 11.5. The van der Waals surface area contributed by atoms with Gasteiger partial charge in [-0.2, -0.15) is 5.10 Å². The fourth-order valence-electron chi connectivity index (χ4n) is 3.23. The Labute approximate surface area is 118 Å². The van der Waals surface area contributed by atoms with Crippen molar-refractivity contribution < 1.29 is 0 Å². The first kappa shape index (κ1) is 11.7. The molecule has 1 unspecified atom stereocenters. The molecule has 0 amide bonds. The molecule has 100 valence electrons. The molecule has 1 heterocycles. The maximum atomic E-state index is 6.05. The number of aromatic nitrogens is 2. The van der Waals surface area contributed by atoms with E-state index in [4.69, 9.17) is 5.73 Å². The summed E-state index contributed by atoms with van der Waals surface area (Å²) in [4.78, 5) is 0. The van der Waals surface area contributed by atoms with Crippen LogP contribution < -0.4 is 5.73 Å². The van der Waals surface area contributed by atoms with Crippen LogP contribution in [0.3, 0.4) is 0 Å². The molecule has 1 aliphatic carbocycles. The highest BCUT2D eigenvalue weighted by atomic mass is 15.2. The average Bonchev–Trinajstić information content (AvgIpc) is 2.97. The molecule has 3 heteroatoms. The minimum absolute atomic E-state index is 0.287. The van der Waals surface area contributed by atoms with Crippen LogP contribution in [-0.4, -0.2) is 15.8 Å². The van der Waals surface area contributed by atoms with Gasteiger partial charge in [0.05, 0.1) is 5.52 Å². The van der Waals surface area contributed by atoms with Crippen LogP contribution in [0.2, 0.25) is 0 Å². The number of nitrogens with zero attached hydrogens (tertiary/aromatic N) is 2. The van der Waals surface area contributed by atoms with Crippen molar-refractivity contribution in [1.82, 2.24) is 9.78 Å². The first-order chi connectivity index (χ1) is 9.70. The Bertz CT molecular complexity index is 801. The monoisotopic (exact) mass is 263 g/mol. The lowest BCUT2D eigenvalue weighted by atomic mass is 9.98. The zero-order chi connectivity index (χ0) is 13.7. The summed E-state index contributed by atoms with van der Waals surface area (Å²) in [7, 11) is 1.96. The van der Waals surface area contributed by atoms with Gasteiger partial charge >= 0.3 is 0 Å². The van der Waals surface area contributed by atoms with Crippen molar-refractivity contribution in [1.29, 1.82) is 0 Å². The van der Waals surface area contributed by atoms with Gasteiger partial charge in [-0.25, -0.2) is 0 Å². The number of fused-ring (bicyclic) bond motifs is 2. The molecule has 4 rings (SSSR count). The number of hydrogen-bond acceptors (Lipinski definition) is 2. The van der Waals surface area contributed by atoms with E-state index in [1.54, 1.807) is 0 Å². The topological polar surface area (TPSA) is 43.8 Å². The Hall–Kier alpha value is -2.13. The van der Waals surface area contributed by atoms with Crippen LogP contribution in [0, 0.1) is 0 Å². The van der Waals surface area contributed by atoms with Crippen LogP contribution in [0.25, 0.3) is 22.0 Å². The SMILES string of the molecule is Cn1cc2c(-c3ccc4c(c3)CC(N)C4)cccc2n1. The highest BCUT2D eigenvalue weighted by Gasteiger charge is 2.18. The molecule has 0 spiro atoms. The van der Waals surface area contributed by atoms with Crippen LogP contribution in [0.1, 0.15) is 11.1 Å². The number of aryl methyl sites for hydroxylation is 1. The maximum absolute atomic E-state index is 6.05. The lowest BCUT2D eigenvalue weighted by molar-refractivity contribution is 0.721. The summed E-state index contributed by atoms with van der Waals surface area (Å²) in [5.74, 6) is 0. The maximum Gasteiger partial charge on any atom is 0.0929 e. The Kier molecular flexibility index (Phi) is 2.44. The molecule has 0 bridgehead atoms. The second-order valence-corrected chi connectivity index (χ2v) is 5.69. The first-order valence-electron chi connectivity index (χ1n) is 7.01. The molecule has 1 atom stereocenters. The molecular weight excluding hydrogens is 246 g/mol. The zero-order valence-electron chi connectivity index (χ0n) is 11.5. The summed E-state index contributed by atoms with van der Waals surface area (Å²) in [6, 6.07) is 13.3. The molecule has 1 aromatic heterocycles. The predicted octanol–water partition coefficient (Wildman–Crippen LogP) is 2.67. The average molecular weight is 263 g/mol. The summed E-state index contributed by atoms with van der Waals surface area (Å²) in [5, 5.41) is 5.69. The van der Waals surface area contributed by atoms with Gasteiger partial charge in [-0.3, -0.25) is 4.68 Å². The van der Waals surface area contributed by atoms with E-state index in [0.717, 1.165) is 18.4 Å². The molecule has 0 radical (unpaired) electrons. The molecule has 0 aliphatic heterocycles. The van der Waals surface area contributed by atoms with Crippen molar-refractivity contribution in [2.75, 3.05) is 0 Å². The predicted molar refractivity (Wildman–Crippen MR) is 81.5 cm³/mol. The van der Waals surface area contributed by atoms with Gasteiger partial charge in [0.15, 0.2) is 0 Å². The van der Waals surface area contributed by atoms with E-state index < -0.39 is 0 Å². The van der Waals surface area contributed by atoms with Crippen LogP contribution in [0.4, 0.5) is 0 Å². The van der Waals surface area contributed by atoms with Crippen LogP contribution in [0.5, 0.6) is 0 Å². The van der Waals surface area contributed by atoms with Gasteiger partial charge in [0.1, 0.15) is 0 Å². The Morgan fingerprint density at radius 3 is 2.90 bits per heavy atom. The van der Waals surface area contributed by atoms with E-state index in [2.05, 4.69) is 47.7 Å². The summed E-state index contributed by atoms with van der Waals surface area (Å²) in [6.07, 6.45) is 4.09. The van der Waals surface area contributed by atoms with Crippen molar-refractivity contribution in [3.05, 3.63) is 53.7 Å². The summed E-state index contributed by atoms with van der Waals surface area (Å²) >= 11 is 0. The number of benzene rings is 2. The van der Waals surface area contributed by atoms with Gasteiger partial charge in [0.2, 0.25) is 0 Å². The molecular formula is C17H17N3. The summed E-state index contributed by atoms with van der Waals surface area (Å²) in [5.41, 5.74) is 12.4. The second kappa shape index (κ2) is 4.18. The first-order valence-corrected chi connectivity index (χ1v) is 7.01. The largest absolute Gasteiger partial charge is 0.327 e. The smallest absolute Gasteiger partial charge is 0.0929 e. The van der Waals surface area contributed by atoms with Gasteiger partial charge < -0.3 is 5.73 Å². The van der Waals surface area contributed by atoms with E-state index in [1.165, 1.54) is 27.6 Å². The fourth-order valence-corrected chi connectivity index (χ4v) is 3.23. The van der Waals surface area contributed by atoms with Crippen molar-refractivity contribution in [2.45, 2.75) is 18.9 Å². The van der Waals surface area contributed by atoms with Crippen molar-refractivity contribution >= 4 is 10.9 Å². The molecule has 1 aliphatic rings. The highest BCUT2D eigenvalue weighted by Crippen LogP contribution is 2.31. The standard InChI is InChI=1S/C17H17N3/c1-20-10-16-15(3-2-4-17(16)19-20)12-6-5-11-8-14(18)9-13(11)7-12/h2-7,10,14H,8-9,18H2,1H3. The minimum atomic E-state index is 0.287. The third kappa shape index (κ3) is 1.74. The van der Waals surface area contributed by atoms with Gasteiger partial charge in [0, 0.05) is 24.7 Å². The molecule has 0 fully saturated rings. The summed E-state index contributed by atoms with van der Waals surface area (Å²) < 4.78 is 1.87. The van der Waals surface area contributed by atoms with E-state index in [0.29, 0.717) is 0 Å².